The molecule has 34 heavy (non-hydrogen) atoms. The number of carbonyl (C=O) groups excluding carboxylic acids is 2. The lowest BCUT2D eigenvalue weighted by Crippen LogP contribution is -2.53. The number of halogens is 1. The molecule has 2 aromatic rings. The van der Waals surface area contributed by atoms with Crippen LogP contribution in [0.15, 0.2) is 54.6 Å². The predicted octanol–water partition coefficient (Wildman–Crippen LogP) is 3.36. The predicted molar refractivity (Wildman–Crippen MR) is 132 cm³/mol. The van der Waals surface area contributed by atoms with E-state index in [0.29, 0.717) is 19.4 Å². The highest BCUT2D eigenvalue weighted by Gasteiger charge is 2.31. The van der Waals surface area contributed by atoms with E-state index >= 15 is 0 Å². The largest absolute Gasteiger partial charge is 0.354 e. The minimum atomic E-state index is -3.88. The standard InChI is InChI=1S/C25H34FN3O4S/c1-4-6-16-27-25(31)23(5-2)28(17-15-20-11-8-7-9-12-20)24(30)19-29(34(3,32)33)22-14-10-13-21(26)18-22/h7-14,18,23H,4-6,15-17,19H2,1-3H3,(H,27,31). The van der Waals surface area contributed by atoms with Gasteiger partial charge in [-0.2, -0.15) is 0 Å². The second kappa shape index (κ2) is 13.1. The number of hydrogen-bond donors (Lipinski definition) is 1. The molecular formula is C25H34FN3O4S. The van der Waals surface area contributed by atoms with Crippen molar-refractivity contribution in [3.05, 3.63) is 66.0 Å². The molecule has 1 atom stereocenters. The molecule has 2 rings (SSSR count). The van der Waals surface area contributed by atoms with Crippen molar-refractivity contribution >= 4 is 27.5 Å². The molecule has 0 radical (unpaired) electrons. The smallest absolute Gasteiger partial charge is 0.244 e. The molecule has 0 aromatic heterocycles. The van der Waals surface area contributed by atoms with Gasteiger partial charge in [-0.15, -0.1) is 0 Å². The van der Waals surface area contributed by atoms with E-state index in [4.69, 9.17) is 0 Å². The van der Waals surface area contributed by atoms with Gasteiger partial charge in [-0.05, 0) is 43.0 Å². The maximum Gasteiger partial charge on any atom is 0.244 e. The molecule has 2 amide bonds. The number of rotatable bonds is 13. The molecule has 0 heterocycles. The number of sulfonamides is 1. The summed E-state index contributed by atoms with van der Waals surface area (Å²) in [6.45, 7) is 4.05. The van der Waals surface area contributed by atoms with Crippen molar-refractivity contribution in [3.8, 4) is 0 Å². The Bertz CT molecular complexity index is 1050. The molecule has 1 unspecified atom stereocenters. The highest BCUT2D eigenvalue weighted by atomic mass is 32.2. The van der Waals surface area contributed by atoms with Crippen LogP contribution in [0.5, 0.6) is 0 Å². The van der Waals surface area contributed by atoms with Crippen LogP contribution in [0, 0.1) is 5.82 Å². The van der Waals surface area contributed by atoms with Gasteiger partial charge < -0.3 is 10.2 Å². The van der Waals surface area contributed by atoms with Crippen LogP contribution >= 0.6 is 0 Å². The van der Waals surface area contributed by atoms with Gasteiger partial charge in [0.15, 0.2) is 0 Å². The van der Waals surface area contributed by atoms with Crippen LogP contribution in [0.3, 0.4) is 0 Å². The fourth-order valence-corrected chi connectivity index (χ4v) is 4.49. The molecule has 0 saturated heterocycles. The quantitative estimate of drug-likeness (QED) is 0.436. The Morgan fingerprint density at radius 2 is 1.76 bits per heavy atom. The van der Waals surface area contributed by atoms with E-state index < -0.39 is 34.3 Å². The molecule has 186 valence electrons. The van der Waals surface area contributed by atoms with E-state index in [0.717, 1.165) is 35.0 Å². The van der Waals surface area contributed by atoms with Crippen molar-refractivity contribution in [2.75, 3.05) is 30.2 Å². The first-order valence-electron chi connectivity index (χ1n) is 11.5. The van der Waals surface area contributed by atoms with E-state index in [-0.39, 0.29) is 18.1 Å². The third-order valence-corrected chi connectivity index (χ3v) is 6.62. The van der Waals surface area contributed by atoms with Crippen molar-refractivity contribution in [3.63, 3.8) is 0 Å². The number of anilines is 1. The molecule has 0 fully saturated rings. The van der Waals surface area contributed by atoms with Gasteiger partial charge in [-0.25, -0.2) is 12.8 Å². The SMILES string of the molecule is CCCCNC(=O)C(CC)N(CCc1ccccc1)C(=O)CN(c1cccc(F)c1)S(C)(=O)=O. The summed E-state index contributed by atoms with van der Waals surface area (Å²) in [6, 6.07) is 13.9. The summed E-state index contributed by atoms with van der Waals surface area (Å²) in [5.41, 5.74) is 1.05. The number of unbranched alkanes of at least 4 members (excludes halogenated alkanes) is 1. The summed E-state index contributed by atoms with van der Waals surface area (Å²) in [7, 11) is -3.88. The van der Waals surface area contributed by atoms with Gasteiger partial charge >= 0.3 is 0 Å². The topological polar surface area (TPSA) is 86.8 Å². The summed E-state index contributed by atoms with van der Waals surface area (Å²) >= 11 is 0. The molecule has 1 N–H and O–H groups in total. The zero-order valence-corrected chi connectivity index (χ0v) is 20.9. The maximum absolute atomic E-state index is 13.8. The summed E-state index contributed by atoms with van der Waals surface area (Å²) in [4.78, 5) is 27.8. The van der Waals surface area contributed by atoms with E-state index in [1.165, 1.54) is 23.1 Å². The Balaban J connectivity index is 2.32. The van der Waals surface area contributed by atoms with Crippen molar-refractivity contribution in [1.82, 2.24) is 10.2 Å². The van der Waals surface area contributed by atoms with E-state index in [1.807, 2.05) is 44.2 Å². The van der Waals surface area contributed by atoms with Gasteiger partial charge in [-0.3, -0.25) is 13.9 Å². The highest BCUT2D eigenvalue weighted by molar-refractivity contribution is 7.92. The van der Waals surface area contributed by atoms with Crippen LogP contribution in [-0.2, 0) is 26.0 Å². The van der Waals surface area contributed by atoms with Crippen LogP contribution in [0.25, 0.3) is 0 Å². The fourth-order valence-electron chi connectivity index (χ4n) is 3.65. The lowest BCUT2D eigenvalue weighted by Gasteiger charge is -2.32. The summed E-state index contributed by atoms with van der Waals surface area (Å²) < 4.78 is 39.6. The van der Waals surface area contributed by atoms with Crippen molar-refractivity contribution in [1.29, 1.82) is 0 Å². The van der Waals surface area contributed by atoms with Crippen molar-refractivity contribution in [2.24, 2.45) is 0 Å². The molecular weight excluding hydrogens is 457 g/mol. The molecule has 0 bridgehead atoms. The van der Waals surface area contributed by atoms with Gasteiger partial charge in [0.1, 0.15) is 18.4 Å². The Labute approximate surface area is 202 Å². The maximum atomic E-state index is 13.8. The fraction of sp³-hybridized carbons (Fsp3) is 0.440. The molecule has 0 saturated carbocycles. The molecule has 7 nitrogen and oxygen atoms in total. The van der Waals surface area contributed by atoms with Crippen LogP contribution in [-0.4, -0.2) is 57.1 Å². The normalized spacial score (nSPS) is 12.1. The third-order valence-electron chi connectivity index (χ3n) is 5.48. The summed E-state index contributed by atoms with van der Waals surface area (Å²) in [5, 5.41) is 2.88. The van der Waals surface area contributed by atoms with Crippen molar-refractivity contribution < 1.29 is 22.4 Å². The van der Waals surface area contributed by atoms with E-state index in [9.17, 15) is 22.4 Å². The van der Waals surface area contributed by atoms with Gasteiger partial charge in [0.05, 0.1) is 11.9 Å². The van der Waals surface area contributed by atoms with Crippen molar-refractivity contribution in [2.45, 2.75) is 45.6 Å². The first kappa shape index (κ1) is 27.3. The molecule has 0 aliphatic heterocycles. The van der Waals surface area contributed by atoms with Gasteiger partial charge in [-0.1, -0.05) is 56.7 Å². The molecule has 0 spiro atoms. The second-order valence-electron chi connectivity index (χ2n) is 8.14. The first-order valence-corrected chi connectivity index (χ1v) is 13.4. The number of hydrogen-bond acceptors (Lipinski definition) is 4. The summed E-state index contributed by atoms with van der Waals surface area (Å²) in [6.07, 6.45) is 3.59. The van der Waals surface area contributed by atoms with E-state index in [2.05, 4.69) is 5.32 Å². The zero-order chi connectivity index (χ0) is 25.1. The molecule has 0 aliphatic rings. The third kappa shape index (κ3) is 8.13. The van der Waals surface area contributed by atoms with Crippen LogP contribution in [0.2, 0.25) is 0 Å². The monoisotopic (exact) mass is 491 g/mol. The van der Waals surface area contributed by atoms with Crippen LogP contribution < -0.4 is 9.62 Å². The number of nitrogens with one attached hydrogen (secondary N) is 1. The van der Waals surface area contributed by atoms with Crippen LogP contribution in [0.1, 0.15) is 38.7 Å². The number of amides is 2. The van der Waals surface area contributed by atoms with Gasteiger partial charge in [0.2, 0.25) is 21.8 Å². The lowest BCUT2D eigenvalue weighted by atomic mass is 10.1. The van der Waals surface area contributed by atoms with Gasteiger partial charge in [0, 0.05) is 13.1 Å². The Hall–Kier alpha value is -2.94. The summed E-state index contributed by atoms with van der Waals surface area (Å²) in [5.74, 6) is -1.40. The number of nitrogens with zero attached hydrogens (tertiary/aromatic N) is 2. The zero-order valence-electron chi connectivity index (χ0n) is 20.0. The number of carbonyl (C=O) groups is 2. The van der Waals surface area contributed by atoms with Gasteiger partial charge in [0.25, 0.3) is 0 Å². The minimum Gasteiger partial charge on any atom is -0.354 e. The average molecular weight is 492 g/mol. The van der Waals surface area contributed by atoms with E-state index in [1.54, 1.807) is 0 Å². The van der Waals surface area contributed by atoms with Crippen LogP contribution in [0.4, 0.5) is 10.1 Å². The minimum absolute atomic E-state index is 0.0549. The molecule has 9 heteroatoms. The number of benzene rings is 2. The lowest BCUT2D eigenvalue weighted by molar-refractivity contribution is -0.139. The Kier molecular flexibility index (Phi) is 10.5. The molecule has 0 aliphatic carbocycles. The Morgan fingerprint density at radius 1 is 1.06 bits per heavy atom. The Morgan fingerprint density at radius 3 is 2.35 bits per heavy atom. The average Bonchev–Trinajstić information content (AvgIpc) is 2.80. The first-order chi connectivity index (χ1) is 16.2. The molecule has 2 aromatic carbocycles. The highest BCUT2D eigenvalue weighted by Crippen LogP contribution is 2.20. The second-order valence-corrected chi connectivity index (χ2v) is 10.0.